The largest absolute Gasteiger partial charge is 0.384 e. The van der Waals surface area contributed by atoms with Gasteiger partial charge in [-0.15, -0.1) is 0 Å². The number of fused-ring (bicyclic) bond motifs is 2. The number of halogens is 2. The first kappa shape index (κ1) is 13.0. The molecule has 0 amide bonds. The molecule has 0 unspecified atom stereocenters. The summed E-state index contributed by atoms with van der Waals surface area (Å²) in [4.78, 5) is 4.73. The van der Waals surface area contributed by atoms with Crippen molar-refractivity contribution in [1.82, 2.24) is 4.98 Å². The van der Waals surface area contributed by atoms with E-state index in [1.807, 2.05) is 12.1 Å². The molecule has 0 saturated heterocycles. The van der Waals surface area contributed by atoms with Gasteiger partial charge in [0.1, 0.15) is 0 Å². The summed E-state index contributed by atoms with van der Waals surface area (Å²) < 4.78 is 0. The summed E-state index contributed by atoms with van der Waals surface area (Å²) in [5.74, 6) is 0. The number of anilines is 1. The minimum Gasteiger partial charge on any atom is -0.384 e. The van der Waals surface area contributed by atoms with Gasteiger partial charge in [0, 0.05) is 17.6 Å². The van der Waals surface area contributed by atoms with Crippen LogP contribution in [0.15, 0.2) is 12.1 Å². The normalized spacial score (nSPS) is 13.8. The van der Waals surface area contributed by atoms with Gasteiger partial charge in [0.2, 0.25) is 0 Å². The van der Waals surface area contributed by atoms with Crippen LogP contribution >= 0.6 is 23.2 Å². The van der Waals surface area contributed by atoms with E-state index < -0.39 is 0 Å². The lowest BCUT2D eigenvalue weighted by atomic mass is 10.1. The highest BCUT2D eigenvalue weighted by Crippen LogP contribution is 2.39. The predicted molar refractivity (Wildman–Crippen MR) is 82.6 cm³/mol. The molecular weight excluding hydrogens is 279 g/mol. The molecule has 4 heteroatoms. The van der Waals surface area contributed by atoms with E-state index >= 15 is 0 Å². The van der Waals surface area contributed by atoms with Gasteiger partial charge in [-0.25, -0.2) is 0 Å². The number of rotatable bonds is 3. The summed E-state index contributed by atoms with van der Waals surface area (Å²) in [7, 11) is 0. The molecule has 1 aromatic heterocycles. The average Bonchev–Trinajstić information content (AvgIpc) is 2.87. The lowest BCUT2D eigenvalue weighted by molar-refractivity contribution is 0.900. The molecule has 0 saturated carbocycles. The summed E-state index contributed by atoms with van der Waals surface area (Å²) >= 11 is 12.7. The Morgan fingerprint density at radius 2 is 2.00 bits per heavy atom. The highest BCUT2D eigenvalue weighted by molar-refractivity contribution is 6.41. The average molecular weight is 295 g/mol. The van der Waals surface area contributed by atoms with Crippen LogP contribution in [0, 0.1) is 0 Å². The first-order valence-corrected chi connectivity index (χ1v) is 7.51. The Morgan fingerprint density at radius 3 is 2.79 bits per heavy atom. The Morgan fingerprint density at radius 1 is 1.21 bits per heavy atom. The lowest BCUT2D eigenvalue weighted by Crippen LogP contribution is -2.05. The molecule has 1 aliphatic carbocycles. The minimum absolute atomic E-state index is 0.675. The zero-order valence-corrected chi connectivity index (χ0v) is 12.4. The van der Waals surface area contributed by atoms with E-state index in [2.05, 4.69) is 12.2 Å². The van der Waals surface area contributed by atoms with Crippen LogP contribution in [0.25, 0.3) is 10.9 Å². The molecule has 0 atom stereocenters. The van der Waals surface area contributed by atoms with Crippen molar-refractivity contribution in [3.05, 3.63) is 33.4 Å². The van der Waals surface area contributed by atoms with E-state index in [-0.39, 0.29) is 0 Å². The van der Waals surface area contributed by atoms with Gasteiger partial charge < -0.3 is 5.32 Å². The van der Waals surface area contributed by atoms with Crippen LogP contribution in [0.3, 0.4) is 0 Å². The Kier molecular flexibility index (Phi) is 3.55. The second-order valence-corrected chi connectivity index (χ2v) is 5.76. The number of aromatic nitrogens is 1. The molecule has 3 rings (SSSR count). The lowest BCUT2D eigenvalue weighted by Gasteiger charge is -2.15. The minimum atomic E-state index is 0.675. The first-order chi connectivity index (χ1) is 9.22. The topological polar surface area (TPSA) is 24.9 Å². The second-order valence-electron chi connectivity index (χ2n) is 4.95. The van der Waals surface area contributed by atoms with Crippen LogP contribution in [0.1, 0.15) is 31.0 Å². The second kappa shape index (κ2) is 5.18. The van der Waals surface area contributed by atoms with Crippen molar-refractivity contribution >= 4 is 39.8 Å². The van der Waals surface area contributed by atoms with Gasteiger partial charge in [-0.3, -0.25) is 4.98 Å². The molecule has 1 N–H and O–H groups in total. The Bertz CT molecular complexity index is 638. The van der Waals surface area contributed by atoms with E-state index in [4.69, 9.17) is 28.2 Å². The van der Waals surface area contributed by atoms with Crippen LogP contribution in [0.4, 0.5) is 5.69 Å². The third kappa shape index (κ3) is 2.17. The van der Waals surface area contributed by atoms with Gasteiger partial charge in [-0.1, -0.05) is 30.1 Å². The summed E-state index contributed by atoms with van der Waals surface area (Å²) in [5.41, 5.74) is 4.47. The molecule has 0 aliphatic heterocycles. The number of benzene rings is 1. The highest BCUT2D eigenvalue weighted by atomic mass is 35.5. The summed E-state index contributed by atoms with van der Waals surface area (Å²) in [6.45, 7) is 3.10. The number of nitrogens with one attached hydrogen (secondary N) is 1. The number of hydrogen-bond acceptors (Lipinski definition) is 2. The van der Waals surface area contributed by atoms with E-state index in [1.54, 1.807) is 0 Å². The maximum absolute atomic E-state index is 6.38. The quantitative estimate of drug-likeness (QED) is 0.875. The molecule has 2 aromatic rings. The van der Waals surface area contributed by atoms with Crippen LogP contribution < -0.4 is 5.32 Å². The number of nitrogens with zero attached hydrogens (tertiary/aromatic N) is 1. The Labute approximate surface area is 123 Å². The van der Waals surface area contributed by atoms with Crippen molar-refractivity contribution in [2.45, 2.75) is 32.6 Å². The smallest absolute Gasteiger partial charge is 0.0927 e. The van der Waals surface area contributed by atoms with Crippen molar-refractivity contribution in [2.24, 2.45) is 0 Å². The van der Waals surface area contributed by atoms with E-state index in [1.165, 1.54) is 11.3 Å². The highest BCUT2D eigenvalue weighted by Gasteiger charge is 2.21. The van der Waals surface area contributed by atoms with Gasteiger partial charge in [0.05, 0.1) is 21.2 Å². The van der Waals surface area contributed by atoms with Crippen molar-refractivity contribution < 1.29 is 0 Å². The zero-order valence-electron chi connectivity index (χ0n) is 10.9. The van der Waals surface area contributed by atoms with E-state index in [0.717, 1.165) is 53.8 Å². The third-order valence-electron chi connectivity index (χ3n) is 3.62. The van der Waals surface area contributed by atoms with Gasteiger partial charge >= 0.3 is 0 Å². The monoisotopic (exact) mass is 294 g/mol. The molecule has 1 heterocycles. The molecule has 19 heavy (non-hydrogen) atoms. The van der Waals surface area contributed by atoms with E-state index in [0.29, 0.717) is 5.02 Å². The summed E-state index contributed by atoms with van der Waals surface area (Å²) in [6.07, 6.45) is 4.35. The van der Waals surface area contributed by atoms with Crippen LogP contribution in [0.5, 0.6) is 0 Å². The van der Waals surface area contributed by atoms with Crippen molar-refractivity contribution in [3.8, 4) is 0 Å². The number of hydrogen-bond donors (Lipinski definition) is 1. The number of aryl methyl sites for hydroxylation is 1. The molecule has 0 fully saturated rings. The fraction of sp³-hybridized carbons (Fsp3) is 0.400. The van der Waals surface area contributed by atoms with Crippen LogP contribution in [-0.2, 0) is 12.8 Å². The molecule has 2 nitrogen and oxygen atoms in total. The van der Waals surface area contributed by atoms with Gasteiger partial charge in [-0.05, 0) is 43.4 Å². The molecule has 0 radical (unpaired) electrons. The van der Waals surface area contributed by atoms with Crippen LogP contribution in [0.2, 0.25) is 10.0 Å². The number of pyridine rings is 1. The Balaban J connectivity index is 2.31. The Hall–Kier alpha value is -0.990. The van der Waals surface area contributed by atoms with Crippen molar-refractivity contribution in [1.29, 1.82) is 0 Å². The fourth-order valence-electron chi connectivity index (χ4n) is 2.74. The molecule has 100 valence electrons. The van der Waals surface area contributed by atoms with Gasteiger partial charge in [0.15, 0.2) is 0 Å². The van der Waals surface area contributed by atoms with Crippen LogP contribution in [-0.4, -0.2) is 11.5 Å². The fourth-order valence-corrected chi connectivity index (χ4v) is 3.19. The summed E-state index contributed by atoms with van der Waals surface area (Å²) in [5, 5.41) is 5.89. The standard InChI is InChI=1S/C15H16Cl2N2/c1-2-8-18-14-9-4-3-5-12(9)19-15-11(17)7-6-10(16)13(14)15/h6-7H,2-5,8H2,1H3,(H,18,19). The molecule has 1 aromatic carbocycles. The van der Waals surface area contributed by atoms with Crippen molar-refractivity contribution in [3.63, 3.8) is 0 Å². The summed E-state index contributed by atoms with van der Waals surface area (Å²) in [6, 6.07) is 3.68. The maximum atomic E-state index is 6.38. The van der Waals surface area contributed by atoms with Gasteiger partial charge in [0.25, 0.3) is 0 Å². The predicted octanol–water partition coefficient (Wildman–Crippen LogP) is 4.85. The van der Waals surface area contributed by atoms with Gasteiger partial charge in [-0.2, -0.15) is 0 Å². The first-order valence-electron chi connectivity index (χ1n) is 6.75. The maximum Gasteiger partial charge on any atom is 0.0927 e. The van der Waals surface area contributed by atoms with E-state index in [9.17, 15) is 0 Å². The molecule has 1 aliphatic rings. The van der Waals surface area contributed by atoms with Crippen molar-refractivity contribution in [2.75, 3.05) is 11.9 Å². The SMILES string of the molecule is CCCNc1c2c(nc3c(Cl)ccc(Cl)c13)CCC2. The molecular formula is C15H16Cl2N2. The zero-order chi connectivity index (χ0) is 13.4. The molecule has 0 spiro atoms. The molecule has 0 bridgehead atoms. The third-order valence-corrected chi connectivity index (χ3v) is 4.24.